The Kier molecular flexibility index (Phi) is 3.68. The third kappa shape index (κ3) is 2.92. The second kappa shape index (κ2) is 5.41. The van der Waals surface area contributed by atoms with E-state index < -0.39 is 5.91 Å². The molecule has 0 atom stereocenters. The average molecular weight is 310 g/mol. The first-order valence-corrected chi connectivity index (χ1v) is 5.63. The van der Waals surface area contributed by atoms with Crippen molar-refractivity contribution in [2.45, 2.75) is 0 Å². The van der Waals surface area contributed by atoms with Gasteiger partial charge in [-0.2, -0.15) is 10.2 Å². The molecule has 18 heavy (non-hydrogen) atoms. The lowest BCUT2D eigenvalue weighted by molar-refractivity contribution is 0.0945. The lowest BCUT2D eigenvalue weighted by Gasteiger charge is -1.99. The molecular formula is C10H8BrN5O2. The van der Waals surface area contributed by atoms with Crippen molar-refractivity contribution in [1.82, 2.24) is 20.6 Å². The fraction of sp³-hybridized carbons (Fsp3) is 0. The Labute approximate surface area is 110 Å². The van der Waals surface area contributed by atoms with E-state index in [0.29, 0.717) is 5.56 Å². The van der Waals surface area contributed by atoms with Crippen LogP contribution in [0.15, 0.2) is 34.1 Å². The van der Waals surface area contributed by atoms with Crippen molar-refractivity contribution >= 4 is 28.1 Å². The molecule has 1 heterocycles. The zero-order chi connectivity index (χ0) is 13.0. The predicted molar refractivity (Wildman–Crippen MR) is 67.2 cm³/mol. The minimum Gasteiger partial charge on any atom is -0.507 e. The number of H-pyrrole nitrogens is 1. The van der Waals surface area contributed by atoms with Gasteiger partial charge in [0, 0.05) is 10.0 Å². The maximum Gasteiger partial charge on any atom is 0.308 e. The molecule has 92 valence electrons. The van der Waals surface area contributed by atoms with Gasteiger partial charge in [-0.15, -0.1) is 0 Å². The molecule has 0 radical (unpaired) electrons. The van der Waals surface area contributed by atoms with Crippen molar-refractivity contribution in [2.75, 3.05) is 0 Å². The number of amides is 1. The fourth-order valence-corrected chi connectivity index (χ4v) is 1.54. The molecule has 0 aliphatic heterocycles. The van der Waals surface area contributed by atoms with Crippen LogP contribution in [0.1, 0.15) is 16.2 Å². The van der Waals surface area contributed by atoms with E-state index in [9.17, 15) is 9.90 Å². The highest BCUT2D eigenvalue weighted by atomic mass is 79.9. The molecule has 0 unspecified atom stereocenters. The van der Waals surface area contributed by atoms with Crippen LogP contribution in [0.5, 0.6) is 5.75 Å². The summed E-state index contributed by atoms with van der Waals surface area (Å²) in [4.78, 5) is 15.1. The molecule has 1 aromatic carbocycles. The predicted octanol–water partition coefficient (Wildman–Crippen LogP) is 1.04. The monoisotopic (exact) mass is 309 g/mol. The molecule has 3 N–H and O–H groups in total. The standard InChI is InChI=1S/C10H8BrN5O2/c11-7-1-2-8(17)6(3-7)4-13-16-10(18)9-12-5-14-15-9/h1-5,17H,(H,16,18)(H,12,14,15)/b13-4+. The van der Waals surface area contributed by atoms with E-state index in [1.165, 1.54) is 18.6 Å². The summed E-state index contributed by atoms with van der Waals surface area (Å²) >= 11 is 3.27. The van der Waals surface area contributed by atoms with Gasteiger partial charge < -0.3 is 5.11 Å². The van der Waals surface area contributed by atoms with E-state index in [4.69, 9.17) is 0 Å². The van der Waals surface area contributed by atoms with Gasteiger partial charge in [0.25, 0.3) is 0 Å². The van der Waals surface area contributed by atoms with E-state index in [1.807, 2.05) is 0 Å². The summed E-state index contributed by atoms with van der Waals surface area (Å²) < 4.78 is 0.795. The Morgan fingerprint density at radius 3 is 3.11 bits per heavy atom. The number of halogens is 1. The second-order valence-corrected chi connectivity index (χ2v) is 4.15. The van der Waals surface area contributed by atoms with Gasteiger partial charge in [-0.05, 0) is 18.2 Å². The van der Waals surface area contributed by atoms with E-state index in [0.717, 1.165) is 4.47 Å². The van der Waals surface area contributed by atoms with Crippen molar-refractivity contribution < 1.29 is 9.90 Å². The first-order valence-electron chi connectivity index (χ1n) is 4.84. The molecule has 2 rings (SSSR count). The maximum absolute atomic E-state index is 11.4. The molecule has 2 aromatic rings. The van der Waals surface area contributed by atoms with Crippen molar-refractivity contribution in [3.8, 4) is 5.75 Å². The number of rotatable bonds is 3. The van der Waals surface area contributed by atoms with Crippen LogP contribution in [-0.4, -0.2) is 32.4 Å². The van der Waals surface area contributed by atoms with Crippen LogP contribution in [-0.2, 0) is 0 Å². The molecule has 0 bridgehead atoms. The Bertz CT molecular complexity index is 582. The minimum atomic E-state index is -0.516. The van der Waals surface area contributed by atoms with Crippen LogP contribution in [0.4, 0.5) is 0 Å². The normalized spacial score (nSPS) is 10.7. The first-order chi connectivity index (χ1) is 8.66. The first kappa shape index (κ1) is 12.2. The number of hydrogen-bond acceptors (Lipinski definition) is 5. The van der Waals surface area contributed by atoms with Crippen LogP contribution in [0.3, 0.4) is 0 Å². The second-order valence-electron chi connectivity index (χ2n) is 3.24. The molecule has 1 amide bonds. The Morgan fingerprint density at radius 2 is 2.39 bits per heavy atom. The Balaban J connectivity index is 2.03. The zero-order valence-electron chi connectivity index (χ0n) is 8.96. The lowest BCUT2D eigenvalue weighted by Crippen LogP contribution is -2.19. The van der Waals surface area contributed by atoms with E-state index in [2.05, 4.69) is 41.6 Å². The molecule has 1 aromatic heterocycles. The van der Waals surface area contributed by atoms with Crippen LogP contribution in [0, 0.1) is 0 Å². The SMILES string of the molecule is O=C(N/N=C/c1cc(Br)ccc1O)c1ncn[nH]1. The maximum atomic E-state index is 11.4. The van der Waals surface area contributed by atoms with Crippen molar-refractivity contribution in [3.63, 3.8) is 0 Å². The van der Waals surface area contributed by atoms with Crippen molar-refractivity contribution in [1.29, 1.82) is 0 Å². The number of hydrogen-bond donors (Lipinski definition) is 3. The number of phenolic OH excluding ortho intramolecular Hbond substituents is 1. The molecule has 8 heteroatoms. The number of phenols is 1. The molecule has 7 nitrogen and oxygen atoms in total. The van der Waals surface area contributed by atoms with Gasteiger partial charge in [0.05, 0.1) is 6.21 Å². The third-order valence-corrected chi connectivity index (χ3v) is 2.48. The summed E-state index contributed by atoms with van der Waals surface area (Å²) in [6.45, 7) is 0. The van der Waals surface area contributed by atoms with Crippen molar-refractivity contribution in [3.05, 3.63) is 40.4 Å². The number of nitrogens with one attached hydrogen (secondary N) is 2. The van der Waals surface area contributed by atoms with Gasteiger partial charge in [-0.25, -0.2) is 10.4 Å². The Morgan fingerprint density at radius 1 is 1.56 bits per heavy atom. The van der Waals surface area contributed by atoms with Gasteiger partial charge in [-0.3, -0.25) is 9.89 Å². The number of carbonyl (C=O) groups is 1. The summed E-state index contributed by atoms with van der Waals surface area (Å²) in [5.41, 5.74) is 2.72. The number of hydrazone groups is 1. The highest BCUT2D eigenvalue weighted by Gasteiger charge is 2.06. The van der Waals surface area contributed by atoms with Crippen LogP contribution in [0.25, 0.3) is 0 Å². The number of carbonyl (C=O) groups excluding carboxylic acids is 1. The lowest BCUT2D eigenvalue weighted by atomic mass is 10.2. The van der Waals surface area contributed by atoms with E-state index >= 15 is 0 Å². The highest BCUT2D eigenvalue weighted by molar-refractivity contribution is 9.10. The molecule has 0 spiro atoms. The van der Waals surface area contributed by atoms with Gasteiger partial charge >= 0.3 is 5.91 Å². The average Bonchev–Trinajstić information content (AvgIpc) is 2.87. The smallest absolute Gasteiger partial charge is 0.308 e. The van der Waals surface area contributed by atoms with Crippen LogP contribution >= 0.6 is 15.9 Å². The molecule has 0 saturated heterocycles. The summed E-state index contributed by atoms with van der Waals surface area (Å²) in [5, 5.41) is 19.2. The zero-order valence-corrected chi connectivity index (χ0v) is 10.5. The van der Waals surface area contributed by atoms with E-state index in [1.54, 1.807) is 12.1 Å². The summed E-state index contributed by atoms with van der Waals surface area (Å²) in [6.07, 6.45) is 2.55. The van der Waals surface area contributed by atoms with E-state index in [-0.39, 0.29) is 11.6 Å². The Hall–Kier alpha value is -2.22. The minimum absolute atomic E-state index is 0.0608. The molecule has 0 saturated carbocycles. The van der Waals surface area contributed by atoms with Gasteiger partial charge in [0.1, 0.15) is 12.1 Å². The molecule has 0 aliphatic carbocycles. The van der Waals surface area contributed by atoms with Crippen LogP contribution in [0.2, 0.25) is 0 Å². The molecular weight excluding hydrogens is 302 g/mol. The summed E-state index contributed by atoms with van der Waals surface area (Å²) in [5.74, 6) is -0.389. The third-order valence-electron chi connectivity index (χ3n) is 1.99. The number of aromatic hydroxyl groups is 1. The molecule has 0 aliphatic rings. The van der Waals surface area contributed by atoms with Gasteiger partial charge in [-0.1, -0.05) is 15.9 Å². The topological polar surface area (TPSA) is 103 Å². The summed E-state index contributed by atoms with van der Waals surface area (Å²) in [6, 6.07) is 4.88. The number of nitrogens with zero attached hydrogens (tertiary/aromatic N) is 3. The number of benzene rings is 1. The highest BCUT2D eigenvalue weighted by Crippen LogP contribution is 2.19. The van der Waals surface area contributed by atoms with Gasteiger partial charge in [0.2, 0.25) is 5.82 Å². The van der Waals surface area contributed by atoms with Crippen LogP contribution < -0.4 is 5.43 Å². The van der Waals surface area contributed by atoms with Gasteiger partial charge in [0.15, 0.2) is 0 Å². The molecule has 0 fully saturated rings. The fourth-order valence-electron chi connectivity index (χ4n) is 1.16. The number of aromatic nitrogens is 3. The number of aromatic amines is 1. The quantitative estimate of drug-likeness (QED) is 0.582. The summed E-state index contributed by atoms with van der Waals surface area (Å²) in [7, 11) is 0. The van der Waals surface area contributed by atoms with Crippen molar-refractivity contribution in [2.24, 2.45) is 5.10 Å². The largest absolute Gasteiger partial charge is 0.507 e.